The molecule has 1 unspecified atom stereocenters. The molecule has 0 spiro atoms. The van der Waals surface area contributed by atoms with Gasteiger partial charge < -0.3 is 14.9 Å². The molecular formula is C31H25NO6. The summed E-state index contributed by atoms with van der Waals surface area (Å²) in [7, 11) is 0. The maximum absolute atomic E-state index is 13.4. The number of phenols is 1. The summed E-state index contributed by atoms with van der Waals surface area (Å²) in [4.78, 5) is 39.9. The number of carbonyl (C=O) groups excluding carboxylic acids is 3. The number of rotatable bonds is 6. The number of hydrogen-bond acceptors (Lipinski definition) is 6. The quantitative estimate of drug-likeness (QED) is 0.159. The fourth-order valence-corrected chi connectivity index (χ4v) is 4.72. The fraction of sp³-hybridized carbons (Fsp3) is 0.129. The zero-order chi connectivity index (χ0) is 26.8. The van der Waals surface area contributed by atoms with Crippen LogP contribution in [0.1, 0.15) is 29.7 Å². The van der Waals surface area contributed by atoms with Crippen molar-refractivity contribution in [1.82, 2.24) is 0 Å². The van der Waals surface area contributed by atoms with Crippen LogP contribution >= 0.6 is 0 Å². The molecule has 1 fully saturated rings. The van der Waals surface area contributed by atoms with Gasteiger partial charge in [0.2, 0.25) is 0 Å². The van der Waals surface area contributed by atoms with Crippen molar-refractivity contribution in [1.29, 1.82) is 0 Å². The van der Waals surface area contributed by atoms with Gasteiger partial charge in [-0.2, -0.15) is 0 Å². The number of amides is 1. The Kier molecular flexibility index (Phi) is 6.66. The van der Waals surface area contributed by atoms with Crippen LogP contribution < -0.4 is 4.90 Å². The Bertz CT molecular complexity index is 1570. The predicted octanol–water partition coefficient (Wildman–Crippen LogP) is 5.28. The van der Waals surface area contributed by atoms with Gasteiger partial charge in [0.25, 0.3) is 11.7 Å². The summed E-state index contributed by atoms with van der Waals surface area (Å²) in [6, 6.07) is 24.9. The van der Waals surface area contributed by atoms with Gasteiger partial charge in [0.15, 0.2) is 0 Å². The Morgan fingerprint density at radius 2 is 1.58 bits per heavy atom. The van der Waals surface area contributed by atoms with Gasteiger partial charge in [-0.3, -0.25) is 19.3 Å². The number of hydrogen-bond donors (Lipinski definition) is 2. The van der Waals surface area contributed by atoms with E-state index in [9.17, 15) is 24.6 Å². The first-order chi connectivity index (χ1) is 18.4. The number of aliphatic hydroxyl groups excluding tert-OH is 1. The molecule has 1 aliphatic heterocycles. The molecule has 0 aliphatic carbocycles. The summed E-state index contributed by atoms with van der Waals surface area (Å²) >= 11 is 0. The molecule has 0 bridgehead atoms. The number of ether oxygens (including phenoxy) is 1. The molecule has 4 aromatic rings. The minimum absolute atomic E-state index is 0.0311. The Balaban J connectivity index is 1.61. The first-order valence-electron chi connectivity index (χ1n) is 12.2. The number of Topliss-reactive ketones (excluding diaryl/α,β-unsaturated/α-hetero) is 1. The number of aliphatic hydroxyl groups is 1. The summed E-state index contributed by atoms with van der Waals surface area (Å²) in [5.74, 6) is -2.22. The van der Waals surface area contributed by atoms with Crippen molar-refractivity contribution in [2.24, 2.45) is 0 Å². The van der Waals surface area contributed by atoms with Crippen LogP contribution in [0, 0.1) is 0 Å². The molecule has 7 nitrogen and oxygen atoms in total. The number of fused-ring (bicyclic) bond motifs is 1. The third-order valence-electron chi connectivity index (χ3n) is 6.54. The van der Waals surface area contributed by atoms with Crippen LogP contribution in [0.15, 0.2) is 96.6 Å². The van der Waals surface area contributed by atoms with E-state index < -0.39 is 17.7 Å². The largest absolute Gasteiger partial charge is 0.508 e. The van der Waals surface area contributed by atoms with Crippen LogP contribution in [0.3, 0.4) is 0 Å². The van der Waals surface area contributed by atoms with Crippen molar-refractivity contribution in [3.8, 4) is 5.75 Å². The molecule has 4 aromatic carbocycles. The summed E-state index contributed by atoms with van der Waals surface area (Å²) in [5.41, 5.74) is 2.03. The molecule has 0 radical (unpaired) electrons. The third-order valence-corrected chi connectivity index (χ3v) is 6.54. The average molecular weight is 508 g/mol. The maximum Gasteiger partial charge on any atom is 0.310 e. The standard InChI is InChI=1S/C31H25NO6/c1-2-38-26(34)17-19-7-13-24(14-8-19)32-28(21-11-15-25(33)16-12-21)27(30(36)31(32)37)29(35)23-10-9-20-5-3-4-6-22(20)18-23/h3-16,18,28,33,35H,2,17H2,1H3/b29-27-. The van der Waals surface area contributed by atoms with Crippen molar-refractivity contribution in [2.75, 3.05) is 11.5 Å². The molecule has 1 heterocycles. The number of ketones is 1. The van der Waals surface area contributed by atoms with E-state index in [1.807, 2.05) is 30.3 Å². The lowest BCUT2D eigenvalue weighted by Crippen LogP contribution is -2.29. The van der Waals surface area contributed by atoms with E-state index >= 15 is 0 Å². The van der Waals surface area contributed by atoms with Gasteiger partial charge in [0.1, 0.15) is 11.5 Å². The van der Waals surface area contributed by atoms with Crippen molar-refractivity contribution < 1.29 is 29.3 Å². The zero-order valence-electron chi connectivity index (χ0n) is 20.6. The maximum atomic E-state index is 13.4. The predicted molar refractivity (Wildman–Crippen MR) is 144 cm³/mol. The summed E-state index contributed by atoms with van der Waals surface area (Å²) in [6.45, 7) is 2.02. The Morgan fingerprint density at radius 3 is 2.26 bits per heavy atom. The van der Waals surface area contributed by atoms with E-state index in [1.54, 1.807) is 55.5 Å². The van der Waals surface area contributed by atoms with Crippen LogP contribution in [0.5, 0.6) is 5.75 Å². The highest BCUT2D eigenvalue weighted by atomic mass is 16.5. The lowest BCUT2D eigenvalue weighted by atomic mass is 9.94. The van der Waals surface area contributed by atoms with Gasteiger partial charge in [-0.1, -0.05) is 60.7 Å². The van der Waals surface area contributed by atoms with E-state index in [2.05, 4.69) is 0 Å². The van der Waals surface area contributed by atoms with Gasteiger partial charge >= 0.3 is 5.97 Å². The number of benzene rings is 4. The van der Waals surface area contributed by atoms with Crippen molar-refractivity contribution in [3.05, 3.63) is 113 Å². The molecule has 7 heteroatoms. The number of esters is 1. The Labute approximate surface area is 219 Å². The van der Waals surface area contributed by atoms with E-state index in [4.69, 9.17) is 4.74 Å². The van der Waals surface area contributed by atoms with E-state index in [0.29, 0.717) is 22.4 Å². The van der Waals surface area contributed by atoms with Crippen molar-refractivity contribution in [3.63, 3.8) is 0 Å². The first kappa shape index (κ1) is 24.8. The monoisotopic (exact) mass is 507 g/mol. The minimum atomic E-state index is -0.932. The second kappa shape index (κ2) is 10.2. The van der Waals surface area contributed by atoms with Crippen LogP contribution in [0.2, 0.25) is 0 Å². The summed E-state index contributed by atoms with van der Waals surface area (Å²) in [6.07, 6.45) is 0.0797. The molecule has 38 heavy (non-hydrogen) atoms. The lowest BCUT2D eigenvalue weighted by molar-refractivity contribution is -0.142. The molecule has 190 valence electrons. The normalized spacial score (nSPS) is 16.7. The molecule has 2 N–H and O–H groups in total. The zero-order valence-corrected chi connectivity index (χ0v) is 20.6. The fourth-order valence-electron chi connectivity index (χ4n) is 4.72. The lowest BCUT2D eigenvalue weighted by Gasteiger charge is -2.25. The molecule has 5 rings (SSSR count). The Morgan fingerprint density at radius 1 is 0.895 bits per heavy atom. The number of carbonyl (C=O) groups is 3. The first-order valence-corrected chi connectivity index (χ1v) is 12.2. The minimum Gasteiger partial charge on any atom is -0.508 e. The van der Waals surface area contributed by atoms with Crippen molar-refractivity contribution in [2.45, 2.75) is 19.4 Å². The topological polar surface area (TPSA) is 104 Å². The number of anilines is 1. The van der Waals surface area contributed by atoms with Gasteiger partial charge in [0, 0.05) is 11.3 Å². The molecule has 0 aromatic heterocycles. The van der Waals surface area contributed by atoms with Crippen molar-refractivity contribution >= 4 is 39.9 Å². The third kappa shape index (κ3) is 4.62. The summed E-state index contributed by atoms with van der Waals surface area (Å²) in [5, 5.41) is 23.1. The van der Waals surface area contributed by atoms with Gasteiger partial charge in [-0.05, 0) is 59.2 Å². The molecule has 1 saturated heterocycles. The number of nitrogens with zero attached hydrogens (tertiary/aromatic N) is 1. The Hall–Kier alpha value is -4.91. The second-order valence-corrected chi connectivity index (χ2v) is 8.97. The van der Waals surface area contributed by atoms with E-state index in [1.165, 1.54) is 17.0 Å². The van der Waals surface area contributed by atoms with Crippen LogP contribution in [-0.4, -0.2) is 34.5 Å². The highest BCUT2D eigenvalue weighted by Crippen LogP contribution is 2.42. The molecular weight excluding hydrogens is 482 g/mol. The molecule has 1 atom stereocenters. The highest BCUT2D eigenvalue weighted by Gasteiger charge is 2.47. The number of phenolic OH excluding ortho intramolecular Hbond substituents is 1. The van der Waals surface area contributed by atoms with E-state index in [0.717, 1.165) is 10.8 Å². The van der Waals surface area contributed by atoms with Gasteiger partial charge in [-0.25, -0.2) is 0 Å². The average Bonchev–Trinajstić information content (AvgIpc) is 3.19. The SMILES string of the molecule is CCOC(=O)Cc1ccc(N2C(=O)C(=O)/C(=C(\O)c3ccc4ccccc4c3)C2c2ccc(O)cc2)cc1. The van der Waals surface area contributed by atoms with Crippen LogP contribution in [0.25, 0.3) is 16.5 Å². The summed E-state index contributed by atoms with van der Waals surface area (Å²) < 4.78 is 5.00. The van der Waals surface area contributed by atoms with Crippen LogP contribution in [0.4, 0.5) is 5.69 Å². The highest BCUT2D eigenvalue weighted by molar-refractivity contribution is 6.51. The number of aromatic hydroxyl groups is 1. The van der Waals surface area contributed by atoms with E-state index in [-0.39, 0.29) is 36.1 Å². The molecule has 1 aliphatic rings. The molecule has 0 saturated carbocycles. The smallest absolute Gasteiger partial charge is 0.310 e. The molecule has 1 amide bonds. The second-order valence-electron chi connectivity index (χ2n) is 8.97. The van der Waals surface area contributed by atoms with Crippen LogP contribution in [-0.2, 0) is 25.5 Å². The van der Waals surface area contributed by atoms with Gasteiger partial charge in [-0.15, -0.1) is 0 Å². The van der Waals surface area contributed by atoms with Gasteiger partial charge in [0.05, 0.1) is 24.6 Å².